The summed E-state index contributed by atoms with van der Waals surface area (Å²) in [6.07, 6.45) is 0.510. The molecule has 2 N–H and O–H groups in total. The van der Waals surface area contributed by atoms with Gasteiger partial charge in [-0.2, -0.15) is 0 Å². The molecule has 0 aromatic heterocycles. The fourth-order valence-corrected chi connectivity index (χ4v) is 2.43. The topological polar surface area (TPSA) is 58.8 Å². The van der Waals surface area contributed by atoms with Gasteiger partial charge in [0.05, 0.1) is 6.61 Å². The molecule has 0 aliphatic carbocycles. The number of ether oxygens (including phenoxy) is 1. The average molecular weight is 321 g/mol. The van der Waals surface area contributed by atoms with Crippen molar-refractivity contribution in [3.8, 4) is 0 Å². The van der Waals surface area contributed by atoms with Gasteiger partial charge in [0.25, 0.3) is 0 Å². The highest BCUT2D eigenvalue weighted by molar-refractivity contribution is 5.77. The van der Waals surface area contributed by atoms with Crippen LogP contribution in [-0.2, 0) is 16.1 Å². The molecule has 5 heteroatoms. The summed E-state index contributed by atoms with van der Waals surface area (Å²) in [5.74, 6) is 0.140. The fraction of sp³-hybridized carbons (Fsp3) is 0.611. The maximum atomic E-state index is 12.7. The Hall–Kier alpha value is -1.75. The van der Waals surface area contributed by atoms with Gasteiger partial charge in [-0.05, 0) is 29.2 Å². The summed E-state index contributed by atoms with van der Waals surface area (Å²) in [5.41, 5.74) is 8.73. The van der Waals surface area contributed by atoms with E-state index < -0.39 is 0 Å². The zero-order chi connectivity index (χ0) is 17.6. The lowest BCUT2D eigenvalue weighted by atomic mass is 9.91. The molecule has 0 spiro atoms. The molecule has 1 rings (SSSR count). The second-order valence-electron chi connectivity index (χ2n) is 7.33. The summed E-state index contributed by atoms with van der Waals surface area (Å²) in [7, 11) is 5.63. The summed E-state index contributed by atoms with van der Waals surface area (Å²) >= 11 is 0. The van der Waals surface area contributed by atoms with E-state index in [0.29, 0.717) is 31.8 Å². The van der Waals surface area contributed by atoms with E-state index in [0.717, 1.165) is 11.3 Å². The summed E-state index contributed by atoms with van der Waals surface area (Å²) in [6.45, 7) is 7.86. The Balaban J connectivity index is 3.01. The summed E-state index contributed by atoms with van der Waals surface area (Å²) in [6, 6.07) is 5.82. The number of hydrogen-bond acceptors (Lipinski definition) is 4. The Bertz CT molecular complexity index is 521. The second kappa shape index (κ2) is 8.20. The van der Waals surface area contributed by atoms with Crippen LogP contribution < -0.4 is 10.6 Å². The van der Waals surface area contributed by atoms with Crippen molar-refractivity contribution in [2.75, 3.05) is 45.0 Å². The van der Waals surface area contributed by atoms with Gasteiger partial charge in [-0.3, -0.25) is 4.79 Å². The fourth-order valence-electron chi connectivity index (χ4n) is 2.43. The van der Waals surface area contributed by atoms with Crippen LogP contribution in [0.15, 0.2) is 18.2 Å². The van der Waals surface area contributed by atoms with E-state index in [1.54, 1.807) is 7.11 Å². The number of amides is 1. The van der Waals surface area contributed by atoms with Crippen LogP contribution in [-0.4, -0.2) is 45.2 Å². The number of nitrogen functional groups attached to an aromatic ring is 1. The van der Waals surface area contributed by atoms with E-state index in [1.165, 1.54) is 0 Å². The van der Waals surface area contributed by atoms with E-state index in [1.807, 2.05) is 42.1 Å². The number of benzene rings is 1. The largest absolute Gasteiger partial charge is 0.399 e. The lowest BCUT2D eigenvalue weighted by Crippen LogP contribution is -2.36. The molecule has 0 unspecified atom stereocenters. The Morgan fingerprint density at radius 1 is 1.26 bits per heavy atom. The van der Waals surface area contributed by atoms with Crippen molar-refractivity contribution in [2.45, 2.75) is 33.7 Å². The molecule has 1 amide bonds. The highest BCUT2D eigenvalue weighted by Gasteiger charge is 2.22. The van der Waals surface area contributed by atoms with Crippen molar-refractivity contribution in [3.63, 3.8) is 0 Å². The van der Waals surface area contributed by atoms with Gasteiger partial charge >= 0.3 is 0 Å². The maximum absolute atomic E-state index is 12.7. The quantitative estimate of drug-likeness (QED) is 0.785. The summed E-state index contributed by atoms with van der Waals surface area (Å²) in [4.78, 5) is 16.6. The Morgan fingerprint density at radius 3 is 2.43 bits per heavy atom. The van der Waals surface area contributed by atoms with Crippen molar-refractivity contribution < 1.29 is 9.53 Å². The number of carbonyl (C=O) groups is 1. The van der Waals surface area contributed by atoms with Crippen molar-refractivity contribution in [3.05, 3.63) is 23.8 Å². The van der Waals surface area contributed by atoms with Gasteiger partial charge in [0.15, 0.2) is 0 Å². The van der Waals surface area contributed by atoms with Crippen molar-refractivity contribution in [1.82, 2.24) is 4.90 Å². The van der Waals surface area contributed by atoms with Crippen LogP contribution in [0.2, 0.25) is 0 Å². The van der Waals surface area contributed by atoms with Crippen LogP contribution in [0.1, 0.15) is 32.8 Å². The standard InChI is InChI=1S/C18H31N3O2/c1-18(2,3)12-17(22)21(9-10-23-6)13-14-11-15(19)7-8-16(14)20(4)5/h7-8,11H,9-10,12-13,19H2,1-6H3. The smallest absolute Gasteiger partial charge is 0.223 e. The Labute approximate surface area is 140 Å². The van der Waals surface area contributed by atoms with Gasteiger partial charge in [-0.25, -0.2) is 0 Å². The third-order valence-electron chi connectivity index (χ3n) is 3.55. The molecular formula is C18H31N3O2. The van der Waals surface area contributed by atoms with Gasteiger partial charge in [0.1, 0.15) is 0 Å². The van der Waals surface area contributed by atoms with Gasteiger partial charge < -0.3 is 20.3 Å². The average Bonchev–Trinajstić information content (AvgIpc) is 2.41. The number of anilines is 2. The molecule has 0 radical (unpaired) electrons. The molecule has 130 valence electrons. The van der Waals surface area contributed by atoms with E-state index in [4.69, 9.17) is 10.5 Å². The molecular weight excluding hydrogens is 290 g/mol. The number of carbonyl (C=O) groups excluding carboxylic acids is 1. The van der Waals surface area contributed by atoms with E-state index >= 15 is 0 Å². The number of rotatable bonds is 7. The van der Waals surface area contributed by atoms with Gasteiger partial charge in [-0.1, -0.05) is 20.8 Å². The monoisotopic (exact) mass is 321 g/mol. The van der Waals surface area contributed by atoms with Crippen LogP contribution in [0.5, 0.6) is 0 Å². The van der Waals surface area contributed by atoms with E-state index in [2.05, 4.69) is 20.8 Å². The minimum Gasteiger partial charge on any atom is -0.399 e. The van der Waals surface area contributed by atoms with E-state index in [-0.39, 0.29) is 11.3 Å². The van der Waals surface area contributed by atoms with Crippen LogP contribution in [0, 0.1) is 5.41 Å². The highest BCUT2D eigenvalue weighted by Crippen LogP contribution is 2.25. The maximum Gasteiger partial charge on any atom is 0.223 e. The molecule has 0 saturated carbocycles. The SMILES string of the molecule is COCCN(Cc1cc(N)ccc1N(C)C)C(=O)CC(C)(C)C. The normalized spacial score (nSPS) is 11.4. The number of nitrogens with two attached hydrogens (primary N) is 1. The third-order valence-corrected chi connectivity index (χ3v) is 3.55. The summed E-state index contributed by atoms with van der Waals surface area (Å²) in [5, 5.41) is 0. The first-order chi connectivity index (χ1) is 10.6. The van der Waals surface area contributed by atoms with Crippen molar-refractivity contribution in [1.29, 1.82) is 0 Å². The predicted octanol–water partition coefficient (Wildman–Crippen LogP) is 2.75. The Morgan fingerprint density at radius 2 is 1.91 bits per heavy atom. The molecule has 0 saturated heterocycles. The Kier molecular flexibility index (Phi) is 6.88. The molecule has 1 aromatic carbocycles. The van der Waals surface area contributed by atoms with Crippen molar-refractivity contribution in [2.24, 2.45) is 5.41 Å². The van der Waals surface area contributed by atoms with Crippen LogP contribution in [0.4, 0.5) is 11.4 Å². The van der Waals surface area contributed by atoms with Gasteiger partial charge in [-0.15, -0.1) is 0 Å². The first-order valence-corrected chi connectivity index (χ1v) is 7.96. The van der Waals surface area contributed by atoms with Crippen LogP contribution >= 0.6 is 0 Å². The number of nitrogens with zero attached hydrogens (tertiary/aromatic N) is 2. The highest BCUT2D eigenvalue weighted by atomic mass is 16.5. The molecule has 5 nitrogen and oxygen atoms in total. The number of hydrogen-bond donors (Lipinski definition) is 1. The zero-order valence-corrected chi connectivity index (χ0v) is 15.3. The lowest BCUT2D eigenvalue weighted by Gasteiger charge is -2.28. The predicted molar refractivity (Wildman–Crippen MR) is 96.5 cm³/mol. The first-order valence-electron chi connectivity index (χ1n) is 7.96. The molecule has 23 heavy (non-hydrogen) atoms. The zero-order valence-electron chi connectivity index (χ0n) is 15.3. The minimum absolute atomic E-state index is 0.0392. The van der Waals surface area contributed by atoms with Crippen LogP contribution in [0.3, 0.4) is 0 Å². The van der Waals surface area contributed by atoms with Gasteiger partial charge in [0, 0.05) is 52.1 Å². The first kappa shape index (κ1) is 19.3. The second-order valence-corrected chi connectivity index (χ2v) is 7.33. The molecule has 0 aliphatic heterocycles. The van der Waals surface area contributed by atoms with Crippen LogP contribution in [0.25, 0.3) is 0 Å². The lowest BCUT2D eigenvalue weighted by molar-refractivity contribution is -0.134. The summed E-state index contributed by atoms with van der Waals surface area (Å²) < 4.78 is 5.16. The number of methoxy groups -OCH3 is 1. The molecule has 1 aromatic rings. The molecule has 0 bridgehead atoms. The molecule has 0 fully saturated rings. The third kappa shape index (κ3) is 6.48. The molecule has 0 aliphatic rings. The van der Waals surface area contributed by atoms with Gasteiger partial charge in [0.2, 0.25) is 5.91 Å². The molecule has 0 heterocycles. The van der Waals surface area contributed by atoms with Crippen molar-refractivity contribution >= 4 is 17.3 Å². The molecule has 0 atom stereocenters. The minimum atomic E-state index is -0.0392. The van der Waals surface area contributed by atoms with E-state index in [9.17, 15) is 4.79 Å².